The number of ether oxygens (including phenoxy) is 1. The zero-order valence-electron chi connectivity index (χ0n) is 16.5. The Hall–Kier alpha value is -3.32. The topological polar surface area (TPSA) is 163 Å². The number of benzene rings is 1. The molecule has 0 saturated heterocycles. The lowest BCUT2D eigenvalue weighted by Crippen LogP contribution is -2.28. The molecule has 2 N–H and O–H groups in total. The minimum Gasteiger partial charge on any atom is -0.456 e. The molecule has 0 spiro atoms. The highest BCUT2D eigenvalue weighted by Crippen LogP contribution is 2.21. The summed E-state index contributed by atoms with van der Waals surface area (Å²) in [6.45, 7) is 2.44. The Morgan fingerprint density at radius 2 is 2.00 bits per heavy atom. The lowest BCUT2D eigenvalue weighted by atomic mass is 10.2. The molecule has 0 atom stereocenters. The van der Waals surface area contributed by atoms with Crippen LogP contribution < -0.4 is 10.0 Å². The lowest BCUT2D eigenvalue weighted by Gasteiger charge is -2.09. The molecule has 0 fully saturated rings. The van der Waals surface area contributed by atoms with Gasteiger partial charge in [0.05, 0.1) is 11.3 Å². The largest absolute Gasteiger partial charge is 0.456 e. The number of imidazole rings is 1. The molecule has 1 heterocycles. The van der Waals surface area contributed by atoms with Crippen molar-refractivity contribution in [2.24, 2.45) is 7.05 Å². The molecule has 0 aliphatic rings. The highest BCUT2D eigenvalue weighted by atomic mass is 32.2. The van der Waals surface area contributed by atoms with Gasteiger partial charge in [-0.05, 0) is 25.5 Å². The first-order chi connectivity index (χ1) is 14.0. The smallest absolute Gasteiger partial charge is 0.307 e. The van der Waals surface area contributed by atoms with Gasteiger partial charge >= 0.3 is 5.97 Å². The molecule has 0 aliphatic carbocycles. The summed E-state index contributed by atoms with van der Waals surface area (Å²) in [6, 6.07) is 3.92. The number of esters is 1. The first-order valence-electron chi connectivity index (χ1n) is 8.69. The second kappa shape index (κ2) is 9.45. The highest BCUT2D eigenvalue weighted by molar-refractivity contribution is 7.89. The van der Waals surface area contributed by atoms with Crippen molar-refractivity contribution < 1.29 is 27.7 Å². The number of hydrogen-bond acceptors (Lipinski definition) is 8. The van der Waals surface area contributed by atoms with Gasteiger partial charge < -0.3 is 14.6 Å². The lowest BCUT2D eigenvalue weighted by molar-refractivity contribution is -0.384. The predicted octanol–water partition coefficient (Wildman–Crippen LogP) is 0.795. The molecule has 0 bridgehead atoms. The van der Waals surface area contributed by atoms with Gasteiger partial charge in [0.25, 0.3) is 21.6 Å². The minimum atomic E-state index is -3.86. The van der Waals surface area contributed by atoms with Crippen LogP contribution in [0.3, 0.4) is 0 Å². The number of carbonyl (C=O) groups is 2. The van der Waals surface area contributed by atoms with Gasteiger partial charge in [-0.1, -0.05) is 0 Å². The van der Waals surface area contributed by atoms with Crippen LogP contribution in [0.25, 0.3) is 0 Å². The summed E-state index contributed by atoms with van der Waals surface area (Å²) in [6.07, 6.45) is 1.06. The third-order valence-electron chi connectivity index (χ3n) is 4.04. The molecule has 0 radical (unpaired) electrons. The maximum Gasteiger partial charge on any atom is 0.307 e. The van der Waals surface area contributed by atoms with E-state index in [1.165, 1.54) is 24.4 Å². The molecule has 0 aliphatic heterocycles. The van der Waals surface area contributed by atoms with E-state index in [4.69, 9.17) is 4.74 Å². The Morgan fingerprint density at radius 3 is 2.57 bits per heavy atom. The summed E-state index contributed by atoms with van der Waals surface area (Å²) >= 11 is 0. The van der Waals surface area contributed by atoms with Crippen LogP contribution in [0, 0.1) is 24.0 Å². The van der Waals surface area contributed by atoms with Gasteiger partial charge in [-0.2, -0.15) is 0 Å². The molecule has 13 heteroatoms. The molecule has 1 amide bonds. The van der Waals surface area contributed by atoms with Gasteiger partial charge in [0.1, 0.15) is 5.82 Å². The second-order valence-corrected chi connectivity index (χ2v) is 8.06. The molecule has 2 rings (SSSR count). The number of nitro groups is 1. The number of carbonyl (C=O) groups excluding carboxylic acids is 2. The number of nitrogens with zero attached hydrogens (tertiary/aromatic N) is 3. The van der Waals surface area contributed by atoms with Gasteiger partial charge in [0.15, 0.2) is 11.6 Å². The number of nitro benzene ring substituents is 1. The third-order valence-corrected chi connectivity index (χ3v) is 5.37. The Morgan fingerprint density at radius 1 is 1.30 bits per heavy atom. The molecular weight excluding hydrogens is 418 g/mol. The van der Waals surface area contributed by atoms with Crippen LogP contribution in [0.2, 0.25) is 0 Å². The average Bonchev–Trinajstić information content (AvgIpc) is 3.01. The molecule has 2 aromatic rings. The van der Waals surface area contributed by atoms with Crippen molar-refractivity contribution in [3.63, 3.8) is 0 Å². The van der Waals surface area contributed by atoms with Gasteiger partial charge in [-0.15, -0.1) is 0 Å². The van der Waals surface area contributed by atoms with Crippen molar-refractivity contribution in [1.29, 1.82) is 0 Å². The third kappa shape index (κ3) is 6.09. The second-order valence-electron chi connectivity index (χ2n) is 6.35. The van der Waals surface area contributed by atoms with Gasteiger partial charge in [-0.3, -0.25) is 19.7 Å². The van der Waals surface area contributed by atoms with Crippen LogP contribution in [-0.2, 0) is 31.4 Å². The van der Waals surface area contributed by atoms with Crippen molar-refractivity contribution in [3.8, 4) is 0 Å². The fourth-order valence-corrected chi connectivity index (χ4v) is 3.39. The van der Waals surface area contributed by atoms with Crippen molar-refractivity contribution in [2.45, 2.75) is 25.3 Å². The molecule has 1 aromatic heterocycles. The summed E-state index contributed by atoms with van der Waals surface area (Å²) in [7, 11) is -2.21. The van der Waals surface area contributed by atoms with E-state index in [-0.39, 0.29) is 23.7 Å². The van der Waals surface area contributed by atoms with Crippen molar-refractivity contribution in [1.82, 2.24) is 14.3 Å². The number of aryl methyl sites for hydroxylation is 3. The first-order valence-corrected chi connectivity index (χ1v) is 10.2. The minimum absolute atomic E-state index is 0.111. The van der Waals surface area contributed by atoms with Gasteiger partial charge in [-0.25, -0.2) is 18.1 Å². The van der Waals surface area contributed by atoms with Crippen LogP contribution >= 0.6 is 0 Å². The highest BCUT2D eigenvalue weighted by Gasteiger charge is 2.19. The maximum absolute atomic E-state index is 12.1. The van der Waals surface area contributed by atoms with E-state index in [0.717, 1.165) is 0 Å². The van der Waals surface area contributed by atoms with E-state index in [0.29, 0.717) is 17.1 Å². The van der Waals surface area contributed by atoms with Crippen molar-refractivity contribution in [3.05, 3.63) is 45.9 Å². The summed E-state index contributed by atoms with van der Waals surface area (Å²) in [4.78, 5) is 37.7. The summed E-state index contributed by atoms with van der Waals surface area (Å²) in [5.74, 6) is -0.889. The Kier molecular flexibility index (Phi) is 7.24. The number of sulfonamides is 1. The quantitative estimate of drug-likeness (QED) is 0.329. The summed E-state index contributed by atoms with van der Waals surface area (Å²) in [5.41, 5.74) is 0.711. The van der Waals surface area contributed by atoms with Crippen LogP contribution in [-0.4, -0.2) is 47.9 Å². The monoisotopic (exact) mass is 439 g/mol. The van der Waals surface area contributed by atoms with E-state index in [1.54, 1.807) is 25.5 Å². The fraction of sp³-hybridized carbons (Fsp3) is 0.353. The Bertz CT molecular complexity index is 1060. The Balaban J connectivity index is 1.78. The number of non-ortho nitro benzene ring substituents is 1. The Labute approximate surface area is 172 Å². The van der Waals surface area contributed by atoms with E-state index >= 15 is 0 Å². The number of rotatable bonds is 9. The van der Waals surface area contributed by atoms with Crippen LogP contribution in [0.4, 0.5) is 11.4 Å². The van der Waals surface area contributed by atoms with Crippen LogP contribution in [0.1, 0.15) is 17.8 Å². The molecule has 162 valence electrons. The van der Waals surface area contributed by atoms with E-state index in [1.807, 2.05) is 0 Å². The first kappa shape index (κ1) is 23.0. The standard InChI is InChI=1S/C17H21N5O7S/c1-11-8-13(22(25)26)4-5-14(11)20-15(23)10-29-17(24)6-7-18-30(27,28)16-9-21(3)12(2)19-16/h4-5,8-9,18H,6-7,10H2,1-3H3,(H,20,23). The number of nitrogens with one attached hydrogen (secondary N) is 2. The molecule has 12 nitrogen and oxygen atoms in total. The van der Waals surface area contributed by atoms with Crippen molar-refractivity contribution >= 4 is 33.3 Å². The zero-order valence-corrected chi connectivity index (χ0v) is 17.4. The van der Waals surface area contributed by atoms with E-state index < -0.39 is 33.4 Å². The molecule has 0 unspecified atom stereocenters. The van der Waals surface area contributed by atoms with E-state index in [9.17, 15) is 28.1 Å². The molecule has 30 heavy (non-hydrogen) atoms. The number of hydrogen-bond donors (Lipinski definition) is 2. The average molecular weight is 439 g/mol. The van der Waals surface area contributed by atoms with Crippen LogP contribution in [0.15, 0.2) is 29.4 Å². The summed E-state index contributed by atoms with van der Waals surface area (Å²) < 4.78 is 32.8. The predicted molar refractivity (Wildman–Crippen MR) is 105 cm³/mol. The maximum atomic E-state index is 12.1. The molecular formula is C17H21N5O7S. The van der Waals surface area contributed by atoms with Crippen molar-refractivity contribution in [2.75, 3.05) is 18.5 Å². The van der Waals surface area contributed by atoms with Gasteiger partial charge in [0.2, 0.25) is 0 Å². The van der Waals surface area contributed by atoms with E-state index in [2.05, 4.69) is 15.0 Å². The normalized spacial score (nSPS) is 11.2. The number of anilines is 1. The summed E-state index contributed by atoms with van der Waals surface area (Å²) in [5, 5.41) is 13.0. The number of aromatic nitrogens is 2. The number of amides is 1. The van der Waals surface area contributed by atoms with Gasteiger partial charge in [0, 0.05) is 37.6 Å². The SMILES string of the molecule is Cc1cc([N+](=O)[O-])ccc1NC(=O)COC(=O)CCNS(=O)(=O)c1cn(C)c(C)n1. The van der Waals surface area contributed by atoms with Crippen LogP contribution in [0.5, 0.6) is 0 Å². The fourth-order valence-electron chi connectivity index (χ4n) is 2.32. The molecule has 0 saturated carbocycles. The molecule has 1 aromatic carbocycles. The zero-order chi connectivity index (χ0) is 22.5.